The Balaban J connectivity index is 2.24. The predicted molar refractivity (Wildman–Crippen MR) is 53.5 cm³/mol. The smallest absolute Gasteiger partial charge is 0.227 e. The molecule has 1 unspecified atom stereocenters. The molecule has 1 aliphatic rings. The number of carbonyl (C=O) groups excluding carboxylic acids is 1. The van der Waals surface area contributed by atoms with E-state index in [4.69, 9.17) is 5.26 Å². The van der Waals surface area contributed by atoms with Crippen LogP contribution in [0.1, 0.15) is 26.2 Å². The van der Waals surface area contributed by atoms with Gasteiger partial charge in [-0.15, -0.1) is 0 Å². The van der Waals surface area contributed by atoms with Gasteiger partial charge in [0.2, 0.25) is 5.91 Å². The molecule has 1 amide bonds. The van der Waals surface area contributed by atoms with Gasteiger partial charge < -0.3 is 10.6 Å². The summed E-state index contributed by atoms with van der Waals surface area (Å²) in [6.07, 6.45) is 2.15. The van der Waals surface area contributed by atoms with E-state index in [-0.39, 0.29) is 11.3 Å². The van der Waals surface area contributed by atoms with Gasteiger partial charge in [0.05, 0.1) is 11.5 Å². The molecule has 1 atom stereocenters. The number of amides is 1. The van der Waals surface area contributed by atoms with E-state index >= 15 is 0 Å². The van der Waals surface area contributed by atoms with Crippen molar-refractivity contribution in [1.29, 1.82) is 5.26 Å². The predicted octanol–water partition coefficient (Wildman–Crippen LogP) is 0.406. The Labute approximate surface area is 84.7 Å². The molecule has 78 valence electrons. The molecular weight excluding hydrogens is 178 g/mol. The zero-order chi connectivity index (χ0) is 10.4. The topological polar surface area (TPSA) is 64.9 Å². The average molecular weight is 195 g/mol. The van der Waals surface area contributed by atoms with Gasteiger partial charge in [-0.1, -0.05) is 0 Å². The maximum atomic E-state index is 11.7. The summed E-state index contributed by atoms with van der Waals surface area (Å²) < 4.78 is 0. The molecule has 0 aromatic carbocycles. The number of nitriles is 1. The van der Waals surface area contributed by atoms with Crippen LogP contribution in [0.5, 0.6) is 0 Å². The van der Waals surface area contributed by atoms with Crippen molar-refractivity contribution in [3.63, 3.8) is 0 Å². The Bertz CT molecular complexity index is 238. The highest BCUT2D eigenvalue weighted by Gasteiger charge is 2.35. The van der Waals surface area contributed by atoms with Gasteiger partial charge in [-0.05, 0) is 26.3 Å². The first-order chi connectivity index (χ1) is 6.69. The summed E-state index contributed by atoms with van der Waals surface area (Å²) >= 11 is 0. The number of rotatable bonds is 4. The van der Waals surface area contributed by atoms with Crippen LogP contribution < -0.4 is 10.6 Å². The number of hydrogen-bond donors (Lipinski definition) is 2. The second kappa shape index (κ2) is 4.97. The number of nitrogens with one attached hydrogen (secondary N) is 2. The van der Waals surface area contributed by atoms with Gasteiger partial charge in [0.15, 0.2) is 0 Å². The average Bonchev–Trinajstić information content (AvgIpc) is 2.61. The number of carbonyl (C=O) groups is 1. The molecule has 1 fully saturated rings. The van der Waals surface area contributed by atoms with Crippen molar-refractivity contribution in [3.8, 4) is 6.07 Å². The number of hydrogen-bond acceptors (Lipinski definition) is 3. The normalized spacial score (nSPS) is 25.7. The van der Waals surface area contributed by atoms with Crippen LogP contribution in [-0.4, -0.2) is 25.5 Å². The van der Waals surface area contributed by atoms with Gasteiger partial charge >= 0.3 is 0 Å². The highest BCUT2D eigenvalue weighted by atomic mass is 16.2. The van der Waals surface area contributed by atoms with Crippen LogP contribution in [0.3, 0.4) is 0 Å². The quantitative estimate of drug-likeness (QED) is 0.638. The van der Waals surface area contributed by atoms with Crippen molar-refractivity contribution >= 4 is 5.91 Å². The zero-order valence-electron chi connectivity index (χ0n) is 8.60. The molecule has 1 saturated heterocycles. The monoisotopic (exact) mass is 195 g/mol. The first-order valence-electron chi connectivity index (χ1n) is 5.05. The minimum absolute atomic E-state index is 0.112. The van der Waals surface area contributed by atoms with E-state index in [1.54, 1.807) is 0 Å². The lowest BCUT2D eigenvalue weighted by Gasteiger charge is -2.21. The van der Waals surface area contributed by atoms with Crippen molar-refractivity contribution < 1.29 is 4.79 Å². The molecule has 1 rings (SSSR count). The van der Waals surface area contributed by atoms with Gasteiger partial charge in [0.25, 0.3) is 0 Å². The van der Waals surface area contributed by atoms with Crippen molar-refractivity contribution in [1.82, 2.24) is 10.6 Å². The fraction of sp³-hybridized carbons (Fsp3) is 0.800. The van der Waals surface area contributed by atoms with Crippen LogP contribution in [-0.2, 0) is 4.79 Å². The maximum absolute atomic E-state index is 11.7. The van der Waals surface area contributed by atoms with Crippen molar-refractivity contribution in [3.05, 3.63) is 0 Å². The van der Waals surface area contributed by atoms with Crippen molar-refractivity contribution in [2.24, 2.45) is 5.41 Å². The van der Waals surface area contributed by atoms with E-state index < -0.39 is 0 Å². The third kappa shape index (κ3) is 2.71. The summed E-state index contributed by atoms with van der Waals surface area (Å²) in [7, 11) is 0. The van der Waals surface area contributed by atoms with Crippen molar-refractivity contribution in [2.45, 2.75) is 26.2 Å². The molecule has 0 radical (unpaired) electrons. The maximum Gasteiger partial charge on any atom is 0.227 e. The summed E-state index contributed by atoms with van der Waals surface area (Å²) in [4.78, 5) is 11.7. The highest BCUT2D eigenvalue weighted by molar-refractivity contribution is 5.82. The third-order valence-corrected chi connectivity index (χ3v) is 2.67. The van der Waals surface area contributed by atoms with Gasteiger partial charge in [-0.2, -0.15) is 5.26 Å². The Morgan fingerprint density at radius 3 is 3.07 bits per heavy atom. The van der Waals surface area contributed by atoms with E-state index in [1.807, 2.05) is 6.92 Å². The molecule has 0 spiro atoms. The Hall–Kier alpha value is -1.08. The Kier molecular flexibility index (Phi) is 3.90. The molecule has 1 heterocycles. The van der Waals surface area contributed by atoms with E-state index in [0.29, 0.717) is 13.0 Å². The molecule has 0 aliphatic carbocycles. The van der Waals surface area contributed by atoms with Crippen LogP contribution in [0.4, 0.5) is 0 Å². The summed E-state index contributed by atoms with van der Waals surface area (Å²) in [5.41, 5.74) is -0.243. The molecule has 2 N–H and O–H groups in total. The van der Waals surface area contributed by atoms with Crippen LogP contribution >= 0.6 is 0 Å². The molecule has 1 aliphatic heterocycles. The molecule has 0 bridgehead atoms. The van der Waals surface area contributed by atoms with Gasteiger partial charge in [-0.25, -0.2) is 0 Å². The van der Waals surface area contributed by atoms with Gasteiger partial charge in [0.1, 0.15) is 0 Å². The summed E-state index contributed by atoms with van der Waals surface area (Å²) in [6.45, 7) is 4.27. The fourth-order valence-electron chi connectivity index (χ4n) is 1.59. The minimum Gasteiger partial charge on any atom is -0.356 e. The number of nitrogens with zero attached hydrogens (tertiary/aromatic N) is 1. The van der Waals surface area contributed by atoms with Crippen LogP contribution in [0, 0.1) is 16.7 Å². The first-order valence-corrected chi connectivity index (χ1v) is 5.05. The van der Waals surface area contributed by atoms with E-state index in [9.17, 15) is 4.79 Å². The fourth-order valence-corrected chi connectivity index (χ4v) is 1.59. The molecule has 0 aromatic rings. The third-order valence-electron chi connectivity index (χ3n) is 2.67. The second-order valence-electron chi connectivity index (χ2n) is 4.01. The lowest BCUT2D eigenvalue weighted by Crippen LogP contribution is -2.40. The molecular formula is C10H17N3O. The molecule has 4 heteroatoms. The van der Waals surface area contributed by atoms with Crippen LogP contribution in [0.2, 0.25) is 0 Å². The van der Waals surface area contributed by atoms with E-state index in [2.05, 4.69) is 16.7 Å². The number of unbranched alkanes of at least 4 members (excludes halogenated alkanes) is 1. The molecule has 0 aromatic heterocycles. The van der Waals surface area contributed by atoms with Gasteiger partial charge in [0, 0.05) is 19.5 Å². The lowest BCUT2D eigenvalue weighted by atomic mass is 9.89. The second-order valence-corrected chi connectivity index (χ2v) is 4.01. The Morgan fingerprint density at radius 2 is 2.50 bits per heavy atom. The van der Waals surface area contributed by atoms with E-state index in [0.717, 1.165) is 25.9 Å². The highest BCUT2D eigenvalue weighted by Crippen LogP contribution is 2.24. The summed E-state index contributed by atoms with van der Waals surface area (Å²) in [5.74, 6) is 0.112. The summed E-state index contributed by atoms with van der Waals surface area (Å²) in [5, 5.41) is 14.4. The van der Waals surface area contributed by atoms with Crippen LogP contribution in [0.15, 0.2) is 0 Å². The molecule has 14 heavy (non-hydrogen) atoms. The Morgan fingerprint density at radius 1 is 1.71 bits per heavy atom. The molecule has 0 saturated carbocycles. The van der Waals surface area contributed by atoms with Crippen LogP contribution in [0.25, 0.3) is 0 Å². The largest absolute Gasteiger partial charge is 0.356 e. The summed E-state index contributed by atoms with van der Waals surface area (Å²) in [6, 6.07) is 2.06. The molecule has 4 nitrogen and oxygen atoms in total. The van der Waals surface area contributed by atoms with E-state index in [1.165, 1.54) is 0 Å². The lowest BCUT2D eigenvalue weighted by molar-refractivity contribution is -0.129. The zero-order valence-corrected chi connectivity index (χ0v) is 8.60. The SMILES string of the molecule is CC1(C(=O)NCCCC#N)CCNC1. The van der Waals surface area contributed by atoms with Gasteiger partial charge in [-0.3, -0.25) is 4.79 Å². The van der Waals surface area contributed by atoms with Crippen molar-refractivity contribution in [2.75, 3.05) is 19.6 Å². The standard InChI is InChI=1S/C10H17N3O/c1-10(4-7-12-8-10)9(14)13-6-3-2-5-11/h12H,2-4,6-8H2,1H3,(H,13,14). The first kappa shape index (κ1) is 11.0. The minimum atomic E-state index is -0.243.